The van der Waals surface area contributed by atoms with Crippen molar-refractivity contribution >= 4 is 21.8 Å². The van der Waals surface area contributed by atoms with E-state index in [0.717, 1.165) is 25.7 Å². The van der Waals surface area contributed by atoms with Gasteiger partial charge in [0.25, 0.3) is 0 Å². The van der Waals surface area contributed by atoms with Gasteiger partial charge in [0.05, 0.1) is 0 Å². The molecule has 5 aromatic rings. The van der Waals surface area contributed by atoms with Gasteiger partial charge in [-0.25, -0.2) is 0 Å². The first-order chi connectivity index (χ1) is 15.2. The van der Waals surface area contributed by atoms with Crippen molar-refractivity contribution in [2.24, 2.45) is 0 Å². The molecule has 0 aliphatic rings. The molecule has 0 saturated heterocycles. The Kier molecular flexibility index (Phi) is 4.97. The predicted octanol–water partition coefficient (Wildman–Crippen LogP) is 7.56. The lowest BCUT2D eigenvalue weighted by Gasteiger charge is -2.05. The van der Waals surface area contributed by atoms with Crippen LogP contribution < -0.4 is 0 Å². The number of aromatic amines is 3. The summed E-state index contributed by atoms with van der Waals surface area (Å²) in [5.41, 5.74) is 13.1. The Bertz CT molecular complexity index is 1270. The minimum Gasteiger partial charge on any atom is -0.361 e. The molecule has 0 saturated carbocycles. The van der Waals surface area contributed by atoms with Crippen LogP contribution in [0, 0.1) is 0 Å². The molecule has 2 aromatic carbocycles. The van der Waals surface area contributed by atoms with E-state index in [1.807, 2.05) is 0 Å². The molecule has 3 heterocycles. The molecule has 158 valence electrons. The summed E-state index contributed by atoms with van der Waals surface area (Å²) in [6.45, 7) is 8.93. The third-order valence-electron chi connectivity index (χ3n) is 6.81. The monoisotopic (exact) mass is 409 g/mol. The van der Waals surface area contributed by atoms with Gasteiger partial charge in [0, 0.05) is 56.7 Å². The summed E-state index contributed by atoms with van der Waals surface area (Å²) >= 11 is 0. The lowest BCUT2D eigenvalue weighted by Crippen LogP contribution is -1.88. The highest BCUT2D eigenvalue weighted by Crippen LogP contribution is 2.34. The number of aryl methyl sites for hydroxylation is 2. The molecule has 0 spiro atoms. The molecule has 0 radical (unpaired) electrons. The number of hydrogen-bond acceptors (Lipinski definition) is 0. The van der Waals surface area contributed by atoms with Crippen LogP contribution in [0.15, 0.2) is 48.8 Å². The van der Waals surface area contributed by atoms with Gasteiger partial charge in [-0.2, -0.15) is 0 Å². The first-order valence-corrected chi connectivity index (χ1v) is 11.6. The minimum absolute atomic E-state index is 1.05. The highest BCUT2D eigenvalue weighted by atomic mass is 14.7. The number of rotatable bonds is 6. The fourth-order valence-corrected chi connectivity index (χ4v) is 5.16. The molecule has 0 unspecified atom stereocenters. The van der Waals surface area contributed by atoms with E-state index in [4.69, 9.17) is 0 Å². The average Bonchev–Trinajstić information content (AvgIpc) is 3.51. The first-order valence-electron chi connectivity index (χ1n) is 11.6. The molecule has 0 aliphatic heterocycles. The number of fused-ring (bicyclic) bond motifs is 3. The molecule has 3 N–H and O–H groups in total. The summed E-state index contributed by atoms with van der Waals surface area (Å²) in [6.07, 6.45) is 8.56. The average molecular weight is 410 g/mol. The Labute approximate surface area is 183 Å². The van der Waals surface area contributed by atoms with Gasteiger partial charge < -0.3 is 15.0 Å². The highest BCUT2D eigenvalue weighted by Gasteiger charge is 2.14. The topological polar surface area (TPSA) is 47.4 Å². The van der Waals surface area contributed by atoms with Crippen LogP contribution in [0.5, 0.6) is 0 Å². The van der Waals surface area contributed by atoms with Gasteiger partial charge in [0.2, 0.25) is 0 Å². The normalized spacial score (nSPS) is 11.7. The minimum atomic E-state index is 1.05. The number of aromatic nitrogens is 3. The molecule has 0 amide bonds. The number of benzene rings is 2. The summed E-state index contributed by atoms with van der Waals surface area (Å²) < 4.78 is 0. The molecule has 5 rings (SSSR count). The molecule has 0 fully saturated rings. The molecule has 31 heavy (non-hydrogen) atoms. The Balaban J connectivity index is 1.62. The van der Waals surface area contributed by atoms with Crippen LogP contribution in [0.4, 0.5) is 0 Å². The largest absolute Gasteiger partial charge is 0.361 e. The molecular weight excluding hydrogens is 378 g/mol. The van der Waals surface area contributed by atoms with E-state index in [9.17, 15) is 0 Å². The second-order valence-electron chi connectivity index (χ2n) is 8.39. The van der Waals surface area contributed by atoms with Crippen molar-refractivity contribution in [2.75, 3.05) is 0 Å². The van der Waals surface area contributed by atoms with E-state index < -0.39 is 0 Å². The number of H-pyrrole nitrogens is 3. The van der Waals surface area contributed by atoms with Gasteiger partial charge in [0.15, 0.2) is 0 Å². The highest BCUT2D eigenvalue weighted by molar-refractivity contribution is 6.09. The van der Waals surface area contributed by atoms with E-state index in [0.29, 0.717) is 0 Å². The molecule has 3 heteroatoms. The SMILES string of the molecule is CCc1c[nH]c(-c2ccc3c(c2)[nH]c2cc(-c4[nH]cc(CC)c4CC)ccc23)c1CC. The van der Waals surface area contributed by atoms with Crippen LogP contribution in [0.3, 0.4) is 0 Å². The van der Waals surface area contributed by atoms with E-state index in [2.05, 4.69) is 91.4 Å². The van der Waals surface area contributed by atoms with Gasteiger partial charge in [-0.05, 0) is 60.1 Å². The molecule has 0 bridgehead atoms. The van der Waals surface area contributed by atoms with Crippen LogP contribution in [-0.4, -0.2) is 15.0 Å². The van der Waals surface area contributed by atoms with Crippen LogP contribution in [0.1, 0.15) is 49.9 Å². The third kappa shape index (κ3) is 3.11. The lowest BCUT2D eigenvalue weighted by molar-refractivity contribution is 1.06. The quantitative estimate of drug-likeness (QED) is 0.259. The number of hydrogen-bond donors (Lipinski definition) is 3. The number of nitrogens with one attached hydrogen (secondary N) is 3. The van der Waals surface area contributed by atoms with E-state index in [-0.39, 0.29) is 0 Å². The Morgan fingerprint density at radius 1 is 0.581 bits per heavy atom. The predicted molar refractivity (Wildman–Crippen MR) is 133 cm³/mol. The molecular formula is C28H31N3. The van der Waals surface area contributed by atoms with Gasteiger partial charge in [-0.3, -0.25) is 0 Å². The second-order valence-corrected chi connectivity index (χ2v) is 8.39. The zero-order valence-corrected chi connectivity index (χ0v) is 18.9. The van der Waals surface area contributed by atoms with Crippen molar-refractivity contribution in [3.05, 3.63) is 71.0 Å². The van der Waals surface area contributed by atoms with Crippen LogP contribution in [0.25, 0.3) is 44.3 Å². The zero-order valence-electron chi connectivity index (χ0n) is 18.9. The van der Waals surface area contributed by atoms with Crippen LogP contribution in [-0.2, 0) is 25.7 Å². The third-order valence-corrected chi connectivity index (χ3v) is 6.81. The van der Waals surface area contributed by atoms with Gasteiger partial charge in [-0.15, -0.1) is 0 Å². The Hall–Kier alpha value is -3.20. The van der Waals surface area contributed by atoms with Crippen molar-refractivity contribution in [1.29, 1.82) is 0 Å². The summed E-state index contributed by atoms with van der Waals surface area (Å²) in [4.78, 5) is 10.7. The van der Waals surface area contributed by atoms with Gasteiger partial charge in [0.1, 0.15) is 0 Å². The molecule has 3 aromatic heterocycles. The van der Waals surface area contributed by atoms with Crippen molar-refractivity contribution in [3.63, 3.8) is 0 Å². The first kappa shape index (κ1) is 19.7. The molecule has 3 nitrogen and oxygen atoms in total. The van der Waals surface area contributed by atoms with E-state index in [1.165, 1.54) is 66.6 Å². The summed E-state index contributed by atoms with van der Waals surface area (Å²) in [5, 5.41) is 2.56. The molecule has 0 atom stereocenters. The van der Waals surface area contributed by atoms with Crippen molar-refractivity contribution < 1.29 is 0 Å². The smallest absolute Gasteiger partial charge is 0.0489 e. The van der Waals surface area contributed by atoms with E-state index in [1.54, 1.807) is 0 Å². The molecule has 0 aliphatic carbocycles. The fourth-order valence-electron chi connectivity index (χ4n) is 5.16. The second kappa shape index (κ2) is 7.81. The zero-order chi connectivity index (χ0) is 21.5. The summed E-state index contributed by atoms with van der Waals surface area (Å²) in [5.74, 6) is 0. The van der Waals surface area contributed by atoms with Crippen molar-refractivity contribution in [1.82, 2.24) is 15.0 Å². The summed E-state index contributed by atoms with van der Waals surface area (Å²) in [6, 6.07) is 13.6. The van der Waals surface area contributed by atoms with Crippen molar-refractivity contribution in [2.45, 2.75) is 53.4 Å². The van der Waals surface area contributed by atoms with E-state index >= 15 is 0 Å². The fraction of sp³-hybridized carbons (Fsp3) is 0.286. The maximum Gasteiger partial charge on any atom is 0.0489 e. The van der Waals surface area contributed by atoms with Crippen LogP contribution in [0.2, 0.25) is 0 Å². The maximum atomic E-state index is 3.69. The van der Waals surface area contributed by atoms with Crippen molar-refractivity contribution in [3.8, 4) is 22.5 Å². The Morgan fingerprint density at radius 3 is 1.42 bits per heavy atom. The van der Waals surface area contributed by atoms with Crippen LogP contribution >= 0.6 is 0 Å². The van der Waals surface area contributed by atoms with Gasteiger partial charge in [-0.1, -0.05) is 52.0 Å². The standard InChI is InChI=1S/C28H31N3/c1-5-17-15-29-27(21(17)7-3)19-9-11-23-24-12-10-20(14-26(24)31-25(23)13-19)28-22(8-4)18(6-2)16-30-28/h9-16,29-31H,5-8H2,1-4H3. The van der Waals surface area contributed by atoms with Gasteiger partial charge >= 0.3 is 0 Å². The Morgan fingerprint density at radius 2 is 1.03 bits per heavy atom. The summed E-state index contributed by atoms with van der Waals surface area (Å²) in [7, 11) is 0. The lowest BCUT2D eigenvalue weighted by atomic mass is 9.99. The maximum absolute atomic E-state index is 3.69.